The second-order valence-corrected chi connectivity index (χ2v) is 7.16. The largest absolute Gasteiger partial charge is 0.363 e. The molecule has 150 valence electrons. The van der Waals surface area contributed by atoms with Crippen molar-refractivity contribution in [3.8, 4) is 0 Å². The molecule has 1 heterocycles. The number of ketones is 1. The van der Waals surface area contributed by atoms with Crippen molar-refractivity contribution in [2.24, 2.45) is 0 Å². The maximum absolute atomic E-state index is 13.0. The van der Waals surface area contributed by atoms with Gasteiger partial charge >= 0.3 is 0 Å². The normalized spacial score (nSPS) is 16.8. The minimum atomic E-state index is -0.313. The first-order valence-corrected chi connectivity index (χ1v) is 10.1. The number of carbonyl (C=O) groups excluding carboxylic acids is 1. The molecular formula is C23H29FN2O2. The predicted octanol–water partition coefficient (Wildman–Crippen LogP) is 3.62. The Morgan fingerprint density at radius 1 is 1.04 bits per heavy atom. The summed E-state index contributed by atoms with van der Waals surface area (Å²) in [5.74, 6) is -0.245. The first-order chi connectivity index (χ1) is 13.7. The van der Waals surface area contributed by atoms with Crippen LogP contribution in [0.15, 0.2) is 54.6 Å². The van der Waals surface area contributed by atoms with Gasteiger partial charge in [-0.25, -0.2) is 4.39 Å². The second-order valence-electron chi connectivity index (χ2n) is 7.16. The lowest BCUT2D eigenvalue weighted by molar-refractivity contribution is -0.0711. The third kappa shape index (κ3) is 5.96. The quantitative estimate of drug-likeness (QED) is 0.618. The lowest BCUT2D eigenvalue weighted by Crippen LogP contribution is -2.52. The monoisotopic (exact) mass is 384 g/mol. The molecule has 3 rings (SSSR count). The Morgan fingerprint density at radius 3 is 2.36 bits per heavy atom. The highest BCUT2D eigenvalue weighted by molar-refractivity contribution is 5.96. The SMILES string of the molecule is CCOC(Cc1ccccc1)N1CCN(CCC(=O)c2ccc(F)cc2)CC1. The van der Waals surface area contributed by atoms with Crippen molar-refractivity contribution in [3.05, 3.63) is 71.5 Å². The molecule has 1 saturated heterocycles. The molecule has 0 radical (unpaired) electrons. The van der Waals surface area contributed by atoms with Crippen LogP contribution in [0.4, 0.5) is 4.39 Å². The molecule has 2 aromatic rings. The topological polar surface area (TPSA) is 32.8 Å². The highest BCUT2D eigenvalue weighted by Crippen LogP contribution is 2.14. The van der Waals surface area contributed by atoms with Crippen LogP contribution in [0.2, 0.25) is 0 Å². The van der Waals surface area contributed by atoms with Gasteiger partial charge in [-0.05, 0) is 36.8 Å². The van der Waals surface area contributed by atoms with Crippen LogP contribution in [0.3, 0.4) is 0 Å². The van der Waals surface area contributed by atoms with Gasteiger partial charge in [0.25, 0.3) is 0 Å². The van der Waals surface area contributed by atoms with Crippen LogP contribution in [0.25, 0.3) is 0 Å². The van der Waals surface area contributed by atoms with Gasteiger partial charge in [-0.15, -0.1) is 0 Å². The van der Waals surface area contributed by atoms with Gasteiger partial charge in [-0.2, -0.15) is 0 Å². The molecule has 1 fully saturated rings. The molecule has 1 aliphatic rings. The molecule has 0 bridgehead atoms. The number of nitrogens with zero attached hydrogens (tertiary/aromatic N) is 2. The first kappa shape index (κ1) is 20.6. The molecule has 0 aromatic heterocycles. The summed E-state index contributed by atoms with van der Waals surface area (Å²) in [5.41, 5.74) is 1.87. The van der Waals surface area contributed by atoms with E-state index in [9.17, 15) is 9.18 Å². The molecule has 1 atom stereocenters. The summed E-state index contributed by atoms with van der Waals surface area (Å²) in [7, 11) is 0. The lowest BCUT2D eigenvalue weighted by Gasteiger charge is -2.39. The molecule has 2 aromatic carbocycles. The summed E-state index contributed by atoms with van der Waals surface area (Å²) < 4.78 is 19.0. The fourth-order valence-electron chi connectivity index (χ4n) is 3.62. The maximum atomic E-state index is 13.0. The molecule has 1 aliphatic heterocycles. The standard InChI is InChI=1S/C23H29FN2O2/c1-2-28-23(18-19-6-4-3-5-7-19)26-16-14-25(15-17-26)13-12-22(27)20-8-10-21(24)11-9-20/h3-11,23H,2,12-18H2,1H3. The van der Waals surface area contributed by atoms with E-state index >= 15 is 0 Å². The molecule has 4 nitrogen and oxygen atoms in total. The van der Waals surface area contributed by atoms with Gasteiger partial charge in [-0.3, -0.25) is 9.69 Å². The molecule has 5 heteroatoms. The average Bonchev–Trinajstić information content (AvgIpc) is 2.73. The van der Waals surface area contributed by atoms with E-state index in [-0.39, 0.29) is 17.8 Å². The highest BCUT2D eigenvalue weighted by atomic mass is 19.1. The van der Waals surface area contributed by atoms with E-state index in [0.29, 0.717) is 18.6 Å². The first-order valence-electron chi connectivity index (χ1n) is 10.1. The van der Waals surface area contributed by atoms with Crippen LogP contribution in [0.1, 0.15) is 29.3 Å². The fraction of sp³-hybridized carbons (Fsp3) is 0.435. The minimum absolute atomic E-state index is 0.0682. The van der Waals surface area contributed by atoms with E-state index in [1.807, 2.05) is 13.0 Å². The summed E-state index contributed by atoms with van der Waals surface area (Å²) in [6, 6.07) is 16.2. The molecule has 28 heavy (non-hydrogen) atoms. The van der Waals surface area contributed by atoms with Gasteiger partial charge in [0.15, 0.2) is 5.78 Å². The van der Waals surface area contributed by atoms with Gasteiger partial charge in [0.1, 0.15) is 12.0 Å². The number of rotatable bonds is 9. The Kier molecular flexibility index (Phi) is 7.71. The number of hydrogen-bond acceptors (Lipinski definition) is 4. The maximum Gasteiger partial charge on any atom is 0.164 e. The Balaban J connectivity index is 1.46. The fourth-order valence-corrected chi connectivity index (χ4v) is 3.62. The third-order valence-electron chi connectivity index (χ3n) is 5.25. The van der Waals surface area contributed by atoms with E-state index < -0.39 is 0 Å². The van der Waals surface area contributed by atoms with Crippen LogP contribution in [0, 0.1) is 5.82 Å². The number of piperazine rings is 1. The van der Waals surface area contributed by atoms with E-state index in [0.717, 1.165) is 39.1 Å². The van der Waals surface area contributed by atoms with E-state index in [4.69, 9.17) is 4.74 Å². The zero-order chi connectivity index (χ0) is 19.8. The van der Waals surface area contributed by atoms with Crippen molar-refractivity contribution in [1.29, 1.82) is 0 Å². The highest BCUT2D eigenvalue weighted by Gasteiger charge is 2.24. The van der Waals surface area contributed by atoms with Gasteiger partial charge in [0.2, 0.25) is 0 Å². The average molecular weight is 384 g/mol. The predicted molar refractivity (Wildman–Crippen MR) is 109 cm³/mol. The van der Waals surface area contributed by atoms with Crippen molar-refractivity contribution in [1.82, 2.24) is 9.80 Å². The lowest BCUT2D eigenvalue weighted by atomic mass is 10.1. The third-order valence-corrected chi connectivity index (χ3v) is 5.25. The van der Waals surface area contributed by atoms with Crippen LogP contribution in [0.5, 0.6) is 0 Å². The zero-order valence-electron chi connectivity index (χ0n) is 16.5. The Morgan fingerprint density at radius 2 is 1.71 bits per heavy atom. The second kappa shape index (κ2) is 10.5. The molecule has 0 saturated carbocycles. The number of halogens is 1. The summed E-state index contributed by atoms with van der Waals surface area (Å²) >= 11 is 0. The van der Waals surface area contributed by atoms with Crippen LogP contribution >= 0.6 is 0 Å². The van der Waals surface area contributed by atoms with E-state index in [2.05, 4.69) is 34.1 Å². The smallest absolute Gasteiger partial charge is 0.164 e. The summed E-state index contributed by atoms with van der Waals surface area (Å²) in [5, 5.41) is 0. The number of benzene rings is 2. The summed E-state index contributed by atoms with van der Waals surface area (Å²) in [4.78, 5) is 17.0. The van der Waals surface area contributed by atoms with Gasteiger partial charge < -0.3 is 9.64 Å². The van der Waals surface area contributed by atoms with Gasteiger partial charge in [0, 0.05) is 57.7 Å². The summed E-state index contributed by atoms with van der Waals surface area (Å²) in [6.45, 7) is 7.19. The van der Waals surface area contributed by atoms with E-state index in [1.54, 1.807) is 12.1 Å². The van der Waals surface area contributed by atoms with Gasteiger partial charge in [0.05, 0.1) is 0 Å². The number of ether oxygens (including phenoxy) is 1. The number of carbonyl (C=O) groups is 1. The number of hydrogen-bond donors (Lipinski definition) is 0. The van der Waals surface area contributed by atoms with Crippen LogP contribution in [-0.4, -0.2) is 61.1 Å². The van der Waals surface area contributed by atoms with Gasteiger partial charge in [-0.1, -0.05) is 30.3 Å². The molecule has 0 spiro atoms. The molecular weight excluding hydrogens is 355 g/mol. The van der Waals surface area contributed by atoms with Crippen molar-refractivity contribution < 1.29 is 13.9 Å². The molecule has 0 amide bonds. The van der Waals surface area contributed by atoms with Crippen LogP contribution in [-0.2, 0) is 11.2 Å². The Bertz CT molecular complexity index is 728. The van der Waals surface area contributed by atoms with Crippen molar-refractivity contribution in [2.75, 3.05) is 39.3 Å². The number of Topliss-reactive ketones (excluding diaryl/α,β-unsaturated/α-hetero) is 1. The molecule has 0 N–H and O–H groups in total. The summed E-state index contributed by atoms with van der Waals surface area (Å²) in [6.07, 6.45) is 1.44. The van der Waals surface area contributed by atoms with Crippen molar-refractivity contribution in [3.63, 3.8) is 0 Å². The Hall–Kier alpha value is -2.08. The zero-order valence-corrected chi connectivity index (χ0v) is 16.5. The molecule has 0 aliphatic carbocycles. The Labute approximate surface area is 166 Å². The van der Waals surface area contributed by atoms with Crippen molar-refractivity contribution >= 4 is 5.78 Å². The minimum Gasteiger partial charge on any atom is -0.363 e. The van der Waals surface area contributed by atoms with Crippen LogP contribution < -0.4 is 0 Å². The van der Waals surface area contributed by atoms with Crippen molar-refractivity contribution in [2.45, 2.75) is 26.0 Å². The van der Waals surface area contributed by atoms with E-state index in [1.165, 1.54) is 17.7 Å². The molecule has 1 unspecified atom stereocenters.